The van der Waals surface area contributed by atoms with Gasteiger partial charge in [0.15, 0.2) is 0 Å². The van der Waals surface area contributed by atoms with E-state index in [0.717, 1.165) is 5.69 Å². The molecule has 101 valence electrons. The average Bonchev–Trinajstić information content (AvgIpc) is 2.87. The highest BCUT2D eigenvalue weighted by atomic mass is 35.5. The Bertz CT molecular complexity index is 543. The van der Waals surface area contributed by atoms with E-state index in [0.29, 0.717) is 35.7 Å². The summed E-state index contributed by atoms with van der Waals surface area (Å²) in [4.78, 5) is 0. The van der Waals surface area contributed by atoms with E-state index < -0.39 is 0 Å². The normalized spacial score (nSPS) is 10.7. The summed E-state index contributed by atoms with van der Waals surface area (Å²) in [5, 5.41) is 5.27. The molecule has 1 aromatic carbocycles. The summed E-state index contributed by atoms with van der Waals surface area (Å²) < 4.78 is 12.2. The van der Waals surface area contributed by atoms with Gasteiger partial charge < -0.3 is 9.47 Å². The first-order chi connectivity index (χ1) is 9.20. The van der Waals surface area contributed by atoms with Crippen LogP contribution in [0, 0.1) is 6.92 Å². The quantitative estimate of drug-likeness (QED) is 0.767. The Morgan fingerprint density at radius 2 is 2.00 bits per heavy atom. The van der Waals surface area contributed by atoms with Crippen molar-refractivity contribution < 1.29 is 9.47 Å². The molecule has 1 aromatic heterocycles. The number of halogens is 2. The minimum Gasteiger partial charge on any atom is -0.474 e. The fraction of sp³-hybridized carbons (Fsp3) is 0.231. The van der Waals surface area contributed by atoms with Gasteiger partial charge in [-0.05, 0) is 25.1 Å². The lowest BCUT2D eigenvalue weighted by Gasteiger charge is -2.04. The third-order valence-electron chi connectivity index (χ3n) is 2.35. The second-order valence-electron chi connectivity index (χ2n) is 3.66. The monoisotopic (exact) mass is 299 g/mol. The summed E-state index contributed by atoms with van der Waals surface area (Å²) in [5.74, 6) is 0.527. The molecule has 0 N–H and O–H groups in total. The van der Waals surface area contributed by atoms with Crippen LogP contribution in [-0.4, -0.2) is 29.6 Å². The molecule has 0 aliphatic rings. The zero-order valence-electron chi connectivity index (χ0n) is 10.2. The highest BCUT2D eigenvalue weighted by molar-refractivity contribution is 6.42. The second kappa shape index (κ2) is 6.80. The fourth-order valence-electron chi connectivity index (χ4n) is 1.46. The van der Waals surface area contributed by atoms with E-state index in [1.54, 1.807) is 29.1 Å². The third-order valence-corrected chi connectivity index (χ3v) is 3.09. The number of aromatic nitrogens is 2. The van der Waals surface area contributed by atoms with Gasteiger partial charge in [0.2, 0.25) is 5.88 Å². The minimum absolute atomic E-state index is 0.432. The maximum absolute atomic E-state index is 5.96. The topological polar surface area (TPSA) is 36.3 Å². The van der Waals surface area contributed by atoms with Crippen molar-refractivity contribution in [2.45, 2.75) is 0 Å². The van der Waals surface area contributed by atoms with Gasteiger partial charge in [0.25, 0.3) is 0 Å². The van der Waals surface area contributed by atoms with Crippen LogP contribution < -0.4 is 4.74 Å². The number of benzene rings is 1. The Morgan fingerprint density at radius 1 is 1.16 bits per heavy atom. The van der Waals surface area contributed by atoms with Gasteiger partial charge in [-0.25, -0.2) is 4.68 Å². The van der Waals surface area contributed by atoms with E-state index in [2.05, 4.69) is 12.0 Å². The molecule has 6 heteroatoms. The van der Waals surface area contributed by atoms with E-state index in [1.165, 1.54) is 0 Å². The molecule has 4 nitrogen and oxygen atoms in total. The molecule has 0 fully saturated rings. The molecule has 1 heterocycles. The van der Waals surface area contributed by atoms with Gasteiger partial charge in [-0.2, -0.15) is 0 Å². The van der Waals surface area contributed by atoms with Crippen LogP contribution in [0.1, 0.15) is 0 Å². The molecule has 0 aliphatic heterocycles. The van der Waals surface area contributed by atoms with E-state index in [-0.39, 0.29) is 0 Å². The first-order valence-electron chi connectivity index (χ1n) is 5.71. The molecule has 0 aliphatic carbocycles. The minimum atomic E-state index is 0.432. The number of nitrogens with zero attached hydrogens (tertiary/aromatic N) is 2. The molecule has 0 unspecified atom stereocenters. The molecule has 0 saturated heterocycles. The molecule has 0 saturated carbocycles. The summed E-state index contributed by atoms with van der Waals surface area (Å²) in [5.41, 5.74) is 0.818. The third kappa shape index (κ3) is 3.86. The molecule has 2 rings (SSSR count). The summed E-state index contributed by atoms with van der Waals surface area (Å²) in [6.45, 7) is 4.93. The molecule has 0 bridgehead atoms. The lowest BCUT2D eigenvalue weighted by molar-refractivity contribution is 0.118. The Hall–Kier alpha value is -1.23. The van der Waals surface area contributed by atoms with Gasteiger partial charge in [0, 0.05) is 18.9 Å². The Balaban J connectivity index is 2.01. The summed E-state index contributed by atoms with van der Waals surface area (Å²) >= 11 is 11.8. The smallest absolute Gasteiger partial charge is 0.233 e. The van der Waals surface area contributed by atoms with Crippen molar-refractivity contribution in [2.24, 2.45) is 0 Å². The number of hydrogen-bond donors (Lipinski definition) is 0. The molecule has 0 amide bonds. The lowest BCUT2D eigenvalue weighted by Crippen LogP contribution is -2.07. The van der Waals surface area contributed by atoms with E-state index in [9.17, 15) is 0 Å². The molecule has 0 atom stereocenters. The largest absolute Gasteiger partial charge is 0.474 e. The van der Waals surface area contributed by atoms with Gasteiger partial charge >= 0.3 is 0 Å². The molecule has 19 heavy (non-hydrogen) atoms. The summed E-state index contributed by atoms with van der Waals surface area (Å²) in [6, 6.07) is 7.07. The SMILES string of the molecule is [CH2]COCCOc1ccn(-c2ccc(Cl)c(Cl)c2)n1. The molecular weight excluding hydrogens is 287 g/mol. The van der Waals surface area contributed by atoms with Crippen LogP contribution in [0.4, 0.5) is 0 Å². The van der Waals surface area contributed by atoms with E-state index in [1.807, 2.05) is 6.07 Å². The zero-order valence-corrected chi connectivity index (χ0v) is 11.7. The van der Waals surface area contributed by atoms with Crippen LogP contribution in [0.3, 0.4) is 0 Å². The maximum Gasteiger partial charge on any atom is 0.233 e. The highest BCUT2D eigenvalue weighted by Crippen LogP contribution is 2.24. The predicted octanol–water partition coefficient (Wildman–Crippen LogP) is 3.41. The van der Waals surface area contributed by atoms with Crippen LogP contribution in [0.25, 0.3) is 5.69 Å². The van der Waals surface area contributed by atoms with E-state index >= 15 is 0 Å². The number of rotatable bonds is 6. The molecule has 0 spiro atoms. The number of ether oxygens (including phenoxy) is 2. The van der Waals surface area contributed by atoms with Crippen molar-refractivity contribution in [3.63, 3.8) is 0 Å². The van der Waals surface area contributed by atoms with Gasteiger partial charge in [-0.15, -0.1) is 5.10 Å². The standard InChI is InChI=1S/C13H13Cl2N2O2/c1-2-18-7-8-19-13-5-6-17(16-13)10-3-4-11(14)12(15)9-10/h3-6,9H,1-2,7-8H2. The molecular formula is C13H13Cl2N2O2. The summed E-state index contributed by atoms with van der Waals surface area (Å²) in [7, 11) is 0. The van der Waals surface area contributed by atoms with Crippen LogP contribution in [0.2, 0.25) is 10.0 Å². The van der Waals surface area contributed by atoms with Crippen molar-refractivity contribution in [3.8, 4) is 11.6 Å². The average molecular weight is 300 g/mol. The Morgan fingerprint density at radius 3 is 2.74 bits per heavy atom. The van der Waals surface area contributed by atoms with Crippen molar-refractivity contribution in [1.29, 1.82) is 0 Å². The molecule has 1 radical (unpaired) electrons. The highest BCUT2D eigenvalue weighted by Gasteiger charge is 2.04. The summed E-state index contributed by atoms with van der Waals surface area (Å²) in [6.07, 6.45) is 1.79. The van der Waals surface area contributed by atoms with Crippen molar-refractivity contribution in [3.05, 3.63) is 47.4 Å². The fourth-order valence-corrected chi connectivity index (χ4v) is 1.76. The van der Waals surface area contributed by atoms with Crippen LogP contribution >= 0.6 is 23.2 Å². The van der Waals surface area contributed by atoms with Crippen molar-refractivity contribution in [1.82, 2.24) is 9.78 Å². The first kappa shape index (κ1) is 14.2. The molecule has 2 aromatic rings. The van der Waals surface area contributed by atoms with Crippen molar-refractivity contribution >= 4 is 23.2 Å². The van der Waals surface area contributed by atoms with Crippen LogP contribution in [0.15, 0.2) is 30.5 Å². The van der Waals surface area contributed by atoms with Gasteiger partial charge in [0.05, 0.1) is 22.3 Å². The first-order valence-corrected chi connectivity index (χ1v) is 6.47. The van der Waals surface area contributed by atoms with Gasteiger partial charge in [0.1, 0.15) is 6.61 Å². The van der Waals surface area contributed by atoms with Gasteiger partial charge in [-0.1, -0.05) is 23.2 Å². The van der Waals surface area contributed by atoms with Crippen molar-refractivity contribution in [2.75, 3.05) is 19.8 Å². The second-order valence-corrected chi connectivity index (χ2v) is 4.47. The predicted molar refractivity (Wildman–Crippen MR) is 75.3 cm³/mol. The van der Waals surface area contributed by atoms with Crippen LogP contribution in [0.5, 0.6) is 5.88 Å². The maximum atomic E-state index is 5.96. The Kier molecular flexibility index (Phi) is 5.07. The van der Waals surface area contributed by atoms with E-state index in [4.69, 9.17) is 32.7 Å². The van der Waals surface area contributed by atoms with Crippen LogP contribution in [-0.2, 0) is 4.74 Å². The number of hydrogen-bond acceptors (Lipinski definition) is 3. The lowest BCUT2D eigenvalue weighted by atomic mass is 10.3. The Labute approximate surface area is 121 Å². The van der Waals surface area contributed by atoms with Gasteiger partial charge in [-0.3, -0.25) is 0 Å². The zero-order chi connectivity index (χ0) is 13.7.